The summed E-state index contributed by atoms with van der Waals surface area (Å²) in [6.07, 6.45) is 106. The van der Waals surface area contributed by atoms with Crippen molar-refractivity contribution in [2.45, 2.75) is 469 Å². The van der Waals surface area contributed by atoms with Crippen LogP contribution in [-0.2, 0) is 14.3 Å². The number of rotatable bonds is 78. The van der Waals surface area contributed by atoms with Gasteiger partial charge in [-0.2, -0.15) is 0 Å². The quantitative estimate of drug-likeness (QED) is 0.0320. The number of carbonyl (C=O) groups is 2. The molecule has 2 atom stereocenters. The zero-order valence-electron chi connectivity index (χ0n) is 61.6. The van der Waals surface area contributed by atoms with Crippen molar-refractivity contribution in [2.75, 3.05) is 13.2 Å². The van der Waals surface area contributed by atoms with Gasteiger partial charge in [0.2, 0.25) is 5.91 Å². The van der Waals surface area contributed by atoms with Gasteiger partial charge in [-0.25, -0.2) is 0 Å². The van der Waals surface area contributed by atoms with Crippen LogP contribution in [0.3, 0.4) is 0 Å². The van der Waals surface area contributed by atoms with E-state index in [1.165, 1.54) is 366 Å². The minimum atomic E-state index is -0.665. The molecular weight excluding hydrogens is 1110 g/mol. The predicted molar refractivity (Wildman–Crippen MR) is 402 cm³/mol. The van der Waals surface area contributed by atoms with Crippen LogP contribution in [0.1, 0.15) is 457 Å². The smallest absolute Gasteiger partial charge is 0.305 e. The molecule has 0 rings (SSSR count). The van der Waals surface area contributed by atoms with Gasteiger partial charge < -0.3 is 20.3 Å². The fourth-order valence-electron chi connectivity index (χ4n) is 13.1. The van der Waals surface area contributed by atoms with E-state index in [0.717, 1.165) is 57.8 Å². The minimum Gasteiger partial charge on any atom is -0.466 e. The summed E-state index contributed by atoms with van der Waals surface area (Å²) in [5, 5.41) is 23.5. The molecule has 0 saturated carbocycles. The lowest BCUT2D eigenvalue weighted by Gasteiger charge is -2.22. The number of carbonyl (C=O) groups excluding carboxylic acids is 2. The van der Waals surface area contributed by atoms with Gasteiger partial charge >= 0.3 is 5.97 Å². The van der Waals surface area contributed by atoms with Gasteiger partial charge in [0.05, 0.1) is 25.4 Å². The van der Waals surface area contributed by atoms with Crippen molar-refractivity contribution in [3.05, 3.63) is 48.6 Å². The number of hydrogen-bond donors (Lipinski definition) is 3. The third kappa shape index (κ3) is 76.7. The van der Waals surface area contributed by atoms with Crippen LogP contribution in [0.15, 0.2) is 48.6 Å². The van der Waals surface area contributed by atoms with Crippen molar-refractivity contribution < 1.29 is 24.5 Å². The average Bonchev–Trinajstić information content (AvgIpc) is 3.58. The Morgan fingerprint density at radius 3 is 0.846 bits per heavy atom. The largest absolute Gasteiger partial charge is 0.466 e. The highest BCUT2D eigenvalue weighted by Gasteiger charge is 2.20. The molecule has 0 saturated heterocycles. The van der Waals surface area contributed by atoms with Crippen molar-refractivity contribution >= 4 is 11.9 Å². The number of nitrogens with one attached hydrogen (secondary N) is 1. The van der Waals surface area contributed by atoms with Gasteiger partial charge in [0.1, 0.15) is 0 Å². The van der Waals surface area contributed by atoms with Crippen molar-refractivity contribution in [2.24, 2.45) is 0 Å². The summed E-state index contributed by atoms with van der Waals surface area (Å²) in [7, 11) is 0. The molecule has 0 bridgehead atoms. The fourth-order valence-corrected chi connectivity index (χ4v) is 13.1. The van der Waals surface area contributed by atoms with Crippen LogP contribution in [0.2, 0.25) is 0 Å². The summed E-state index contributed by atoms with van der Waals surface area (Å²) in [5.74, 6) is -0.0264. The first-order chi connectivity index (χ1) is 45.0. The van der Waals surface area contributed by atoms with Gasteiger partial charge in [-0.15, -0.1) is 0 Å². The third-order valence-corrected chi connectivity index (χ3v) is 19.4. The Labute approximate surface area is 569 Å². The Bertz CT molecular complexity index is 1520. The SMILES string of the molecule is CCCCCC/C=C\C/C=C\CCCCCCCC(=O)OCCCCCCCCCCC/C=C\C/C=C\CCCCCCCCCCCCCCCCCCCC(=O)NC(CO)C(O)CCCCCCCCCCCCCCCCCCCCCCCCCCC. The van der Waals surface area contributed by atoms with Gasteiger partial charge in [0, 0.05) is 12.8 Å². The average molecular weight is 1280 g/mol. The van der Waals surface area contributed by atoms with E-state index >= 15 is 0 Å². The summed E-state index contributed by atoms with van der Waals surface area (Å²) in [5.41, 5.74) is 0. The van der Waals surface area contributed by atoms with Crippen LogP contribution in [0.4, 0.5) is 0 Å². The Kier molecular flexibility index (Phi) is 78.3. The summed E-state index contributed by atoms with van der Waals surface area (Å²) < 4.78 is 5.49. The van der Waals surface area contributed by atoms with Crippen molar-refractivity contribution in [3.8, 4) is 0 Å². The van der Waals surface area contributed by atoms with Gasteiger partial charge in [-0.05, 0) is 89.9 Å². The highest BCUT2D eigenvalue weighted by Crippen LogP contribution is 2.20. The van der Waals surface area contributed by atoms with Crippen LogP contribution in [0.25, 0.3) is 0 Å². The molecule has 1 amide bonds. The second-order valence-corrected chi connectivity index (χ2v) is 28.5. The second kappa shape index (κ2) is 80.3. The molecule has 0 aromatic heterocycles. The fraction of sp³-hybridized carbons (Fsp3) is 0.882. The maximum absolute atomic E-state index is 12.6. The molecule has 91 heavy (non-hydrogen) atoms. The molecule has 0 spiro atoms. The van der Waals surface area contributed by atoms with Crippen LogP contribution in [0, 0.1) is 0 Å². The normalized spacial score (nSPS) is 12.7. The first-order valence-corrected chi connectivity index (χ1v) is 41.4. The molecule has 0 fully saturated rings. The lowest BCUT2D eigenvalue weighted by atomic mass is 10.0. The van der Waals surface area contributed by atoms with E-state index in [-0.39, 0.29) is 18.5 Å². The lowest BCUT2D eigenvalue weighted by Crippen LogP contribution is -2.45. The first-order valence-electron chi connectivity index (χ1n) is 41.4. The van der Waals surface area contributed by atoms with Crippen molar-refractivity contribution in [1.82, 2.24) is 5.32 Å². The molecule has 0 radical (unpaired) electrons. The molecule has 0 aliphatic carbocycles. The van der Waals surface area contributed by atoms with E-state index in [4.69, 9.17) is 4.74 Å². The minimum absolute atomic E-state index is 0.00130. The number of unbranched alkanes of at least 4 members (excludes halogenated alkanes) is 59. The maximum atomic E-state index is 12.6. The van der Waals surface area contributed by atoms with E-state index < -0.39 is 12.1 Å². The highest BCUT2D eigenvalue weighted by molar-refractivity contribution is 5.76. The molecule has 0 aliphatic heterocycles. The van der Waals surface area contributed by atoms with Crippen molar-refractivity contribution in [1.29, 1.82) is 0 Å². The number of aliphatic hydroxyl groups is 2. The lowest BCUT2D eigenvalue weighted by molar-refractivity contribution is -0.143. The van der Waals surface area contributed by atoms with Gasteiger partial charge in [0.15, 0.2) is 0 Å². The number of ether oxygens (including phenoxy) is 1. The molecule has 6 heteroatoms. The molecule has 0 aromatic rings. The zero-order valence-corrected chi connectivity index (χ0v) is 61.6. The van der Waals surface area contributed by atoms with Crippen LogP contribution < -0.4 is 5.32 Å². The van der Waals surface area contributed by atoms with E-state index in [9.17, 15) is 19.8 Å². The molecule has 536 valence electrons. The first kappa shape index (κ1) is 88.8. The molecule has 3 N–H and O–H groups in total. The Balaban J connectivity index is 3.39. The van der Waals surface area contributed by atoms with Crippen LogP contribution in [-0.4, -0.2) is 47.4 Å². The number of esters is 1. The summed E-state index contributed by atoms with van der Waals surface area (Å²) in [6, 6.07) is -0.542. The summed E-state index contributed by atoms with van der Waals surface area (Å²) in [4.78, 5) is 24.7. The number of aliphatic hydroxyl groups excluding tert-OH is 2. The van der Waals surface area contributed by atoms with Gasteiger partial charge in [0.25, 0.3) is 0 Å². The molecule has 0 aromatic carbocycles. The maximum Gasteiger partial charge on any atom is 0.305 e. The molecule has 0 aliphatic rings. The zero-order chi connectivity index (χ0) is 65.6. The Morgan fingerprint density at radius 1 is 0.308 bits per heavy atom. The monoisotopic (exact) mass is 1280 g/mol. The molecule has 2 unspecified atom stereocenters. The van der Waals surface area contributed by atoms with Gasteiger partial charge in [-0.3, -0.25) is 9.59 Å². The van der Waals surface area contributed by atoms with Gasteiger partial charge in [-0.1, -0.05) is 403 Å². The molecule has 6 nitrogen and oxygen atoms in total. The van der Waals surface area contributed by atoms with E-state index in [1.54, 1.807) is 0 Å². The molecular formula is C85H161NO5. The van der Waals surface area contributed by atoms with E-state index in [0.29, 0.717) is 25.9 Å². The summed E-state index contributed by atoms with van der Waals surface area (Å²) in [6.45, 7) is 4.97. The topological polar surface area (TPSA) is 95.9 Å². The highest BCUT2D eigenvalue weighted by atomic mass is 16.5. The molecule has 0 heterocycles. The second-order valence-electron chi connectivity index (χ2n) is 28.5. The predicted octanol–water partition coefficient (Wildman–Crippen LogP) is 27.5. The summed E-state index contributed by atoms with van der Waals surface area (Å²) >= 11 is 0. The number of amides is 1. The number of allylic oxidation sites excluding steroid dienone is 8. The van der Waals surface area contributed by atoms with Crippen LogP contribution in [0.5, 0.6) is 0 Å². The van der Waals surface area contributed by atoms with E-state index in [2.05, 4.69) is 67.8 Å². The number of hydrogen-bond acceptors (Lipinski definition) is 5. The van der Waals surface area contributed by atoms with Crippen molar-refractivity contribution in [3.63, 3.8) is 0 Å². The Hall–Kier alpha value is -2.18. The van der Waals surface area contributed by atoms with Crippen LogP contribution >= 0.6 is 0 Å². The third-order valence-electron chi connectivity index (χ3n) is 19.4. The van der Waals surface area contributed by atoms with E-state index in [1.807, 2.05) is 0 Å². The standard InChI is InChI=1S/C85H161NO5/c1-3-5-7-9-11-13-15-17-19-21-22-23-24-34-37-40-43-46-49-53-57-61-65-69-73-77-83(88)82(81-87)86-84(89)78-74-70-66-62-58-54-50-47-44-41-38-35-32-30-28-26-25-27-29-31-33-36-39-42-45-48-52-56-60-64-68-72-76-80-91-85(90)79-75-71-67-63-59-55-51-20-18-16-14-12-10-8-6-4-2/h14,16,20,29,31,36,39,51,82-83,87-88H,3-13,15,17-19,21-28,30,32-35,37-38,40-50,52-81H2,1-2H3,(H,86,89)/b16-14-,31-29-,39-36-,51-20-. The Morgan fingerprint density at radius 2 is 0.549 bits per heavy atom.